The summed E-state index contributed by atoms with van der Waals surface area (Å²) in [4.78, 5) is 20.8. The van der Waals surface area contributed by atoms with Crippen molar-refractivity contribution < 1.29 is 9.90 Å². The molecular formula is C22H28N4O2. The second-order valence-electron chi connectivity index (χ2n) is 9.17. The molecule has 0 spiro atoms. The zero-order chi connectivity index (χ0) is 20.9. The first kappa shape index (κ1) is 20.1. The van der Waals surface area contributed by atoms with Crippen LogP contribution in [0.15, 0.2) is 24.5 Å². The molecule has 2 heterocycles. The van der Waals surface area contributed by atoms with E-state index in [4.69, 9.17) is 0 Å². The van der Waals surface area contributed by atoms with Crippen molar-refractivity contribution in [1.29, 1.82) is 0 Å². The largest absolute Gasteiger partial charge is 0.382 e. The van der Waals surface area contributed by atoms with Gasteiger partial charge in [0.05, 0.1) is 5.52 Å². The Balaban J connectivity index is 2.17. The number of Topliss-reactive ketones (excluding diaryl/α,β-unsaturated/α-hetero) is 1. The van der Waals surface area contributed by atoms with Gasteiger partial charge in [0.1, 0.15) is 11.3 Å². The van der Waals surface area contributed by atoms with E-state index in [1.54, 1.807) is 33.2 Å². The Labute approximate surface area is 165 Å². The molecule has 0 aliphatic carbocycles. The van der Waals surface area contributed by atoms with Crippen LogP contribution in [0.5, 0.6) is 0 Å². The SMILES string of the molecule is CC(=O)c1nn(CC(C)(C)C)c2c(C)cc(-c3cnc(C(C)(C)O)nc3)cc12. The normalized spacial score (nSPS) is 12.6. The molecule has 0 fully saturated rings. The molecule has 6 heteroatoms. The van der Waals surface area contributed by atoms with Crippen LogP contribution in [0, 0.1) is 12.3 Å². The van der Waals surface area contributed by atoms with Gasteiger partial charge in [-0.1, -0.05) is 20.8 Å². The standard InChI is InChI=1S/C22H28N4O2/c1-13-8-15(16-10-23-20(24-11-16)22(6,7)28)9-17-18(14(2)27)25-26(19(13)17)12-21(3,4)5/h8-11,28H,12H2,1-7H3. The van der Waals surface area contributed by atoms with Crippen molar-refractivity contribution in [2.75, 3.05) is 0 Å². The van der Waals surface area contributed by atoms with Gasteiger partial charge in [0.25, 0.3) is 0 Å². The van der Waals surface area contributed by atoms with E-state index in [-0.39, 0.29) is 11.2 Å². The predicted octanol–water partition coefficient (Wildman–Crippen LogP) is 4.28. The van der Waals surface area contributed by atoms with Crippen LogP contribution in [0.2, 0.25) is 0 Å². The van der Waals surface area contributed by atoms with E-state index < -0.39 is 5.60 Å². The molecule has 0 unspecified atom stereocenters. The molecule has 1 N–H and O–H groups in total. The monoisotopic (exact) mass is 380 g/mol. The van der Waals surface area contributed by atoms with Gasteiger partial charge < -0.3 is 5.11 Å². The fraction of sp³-hybridized carbons (Fsp3) is 0.455. The second-order valence-corrected chi connectivity index (χ2v) is 9.17. The molecule has 0 aliphatic heterocycles. The van der Waals surface area contributed by atoms with Crippen LogP contribution in [0.1, 0.15) is 63.4 Å². The summed E-state index contributed by atoms with van der Waals surface area (Å²) < 4.78 is 1.94. The first-order valence-electron chi connectivity index (χ1n) is 9.44. The number of carbonyl (C=O) groups excluding carboxylic acids is 1. The van der Waals surface area contributed by atoms with Crippen molar-refractivity contribution in [3.05, 3.63) is 41.6 Å². The maximum atomic E-state index is 12.2. The van der Waals surface area contributed by atoms with E-state index in [0.29, 0.717) is 11.5 Å². The highest BCUT2D eigenvalue weighted by Gasteiger charge is 2.22. The van der Waals surface area contributed by atoms with E-state index in [1.807, 2.05) is 17.7 Å². The number of rotatable bonds is 4. The molecule has 0 saturated carbocycles. The van der Waals surface area contributed by atoms with E-state index in [1.165, 1.54) is 0 Å². The highest BCUT2D eigenvalue weighted by atomic mass is 16.3. The summed E-state index contributed by atoms with van der Waals surface area (Å²) in [5.41, 5.74) is 3.22. The molecule has 28 heavy (non-hydrogen) atoms. The summed E-state index contributed by atoms with van der Waals surface area (Å²) in [6.07, 6.45) is 3.40. The highest BCUT2D eigenvalue weighted by molar-refractivity contribution is 6.06. The minimum atomic E-state index is -1.09. The van der Waals surface area contributed by atoms with Gasteiger partial charge in [-0.3, -0.25) is 9.48 Å². The average Bonchev–Trinajstić information content (AvgIpc) is 2.91. The van der Waals surface area contributed by atoms with E-state index in [2.05, 4.69) is 41.9 Å². The molecule has 0 saturated heterocycles. The van der Waals surface area contributed by atoms with Gasteiger partial charge in [-0.15, -0.1) is 0 Å². The average molecular weight is 380 g/mol. The van der Waals surface area contributed by atoms with Gasteiger partial charge in [-0.05, 0) is 49.4 Å². The van der Waals surface area contributed by atoms with Crippen molar-refractivity contribution in [1.82, 2.24) is 19.7 Å². The lowest BCUT2D eigenvalue weighted by atomic mass is 9.96. The van der Waals surface area contributed by atoms with Gasteiger partial charge in [-0.2, -0.15) is 5.10 Å². The topological polar surface area (TPSA) is 80.9 Å². The lowest BCUT2D eigenvalue weighted by Gasteiger charge is -2.19. The first-order valence-corrected chi connectivity index (χ1v) is 9.44. The minimum Gasteiger partial charge on any atom is -0.382 e. The number of aryl methyl sites for hydroxylation is 1. The van der Waals surface area contributed by atoms with Crippen molar-refractivity contribution in [2.24, 2.45) is 5.41 Å². The van der Waals surface area contributed by atoms with E-state index in [9.17, 15) is 9.90 Å². The number of hydrogen-bond donors (Lipinski definition) is 1. The Hall–Kier alpha value is -2.60. The molecule has 6 nitrogen and oxygen atoms in total. The highest BCUT2D eigenvalue weighted by Crippen LogP contribution is 2.31. The molecular weight excluding hydrogens is 352 g/mol. The maximum Gasteiger partial charge on any atom is 0.180 e. The van der Waals surface area contributed by atoms with Crippen LogP contribution in [0.4, 0.5) is 0 Å². The molecule has 0 atom stereocenters. The third-order valence-corrected chi connectivity index (χ3v) is 4.52. The van der Waals surface area contributed by atoms with Gasteiger partial charge in [0, 0.05) is 36.8 Å². The Kier molecular flexibility index (Phi) is 4.88. The summed E-state index contributed by atoms with van der Waals surface area (Å²) in [6, 6.07) is 4.04. The molecule has 0 aliphatic rings. The molecule has 3 aromatic rings. The number of aliphatic hydroxyl groups is 1. The van der Waals surface area contributed by atoms with Crippen LogP contribution >= 0.6 is 0 Å². The van der Waals surface area contributed by atoms with E-state index in [0.717, 1.165) is 34.1 Å². The molecule has 0 amide bonds. The van der Waals surface area contributed by atoms with Crippen molar-refractivity contribution >= 4 is 16.7 Å². The maximum absolute atomic E-state index is 12.2. The first-order chi connectivity index (χ1) is 12.9. The lowest BCUT2D eigenvalue weighted by Crippen LogP contribution is -2.19. The fourth-order valence-corrected chi connectivity index (χ4v) is 3.31. The number of benzene rings is 1. The third-order valence-electron chi connectivity index (χ3n) is 4.52. The zero-order valence-corrected chi connectivity index (χ0v) is 17.7. The molecule has 0 radical (unpaired) electrons. The Bertz CT molecular complexity index is 1040. The Morgan fingerprint density at radius 2 is 1.68 bits per heavy atom. The van der Waals surface area contributed by atoms with Gasteiger partial charge in [0.15, 0.2) is 11.6 Å². The van der Waals surface area contributed by atoms with Gasteiger partial charge >= 0.3 is 0 Å². The third kappa shape index (κ3) is 3.97. The Morgan fingerprint density at radius 3 is 2.18 bits per heavy atom. The number of hydrogen-bond acceptors (Lipinski definition) is 5. The quantitative estimate of drug-likeness (QED) is 0.683. The number of ketones is 1. The van der Waals surface area contributed by atoms with Gasteiger partial charge in [0.2, 0.25) is 0 Å². The summed E-state index contributed by atoms with van der Waals surface area (Å²) in [5, 5.41) is 15.5. The van der Waals surface area contributed by atoms with Crippen LogP contribution in [0.3, 0.4) is 0 Å². The smallest absolute Gasteiger partial charge is 0.180 e. The summed E-state index contributed by atoms with van der Waals surface area (Å²) >= 11 is 0. The fourth-order valence-electron chi connectivity index (χ4n) is 3.31. The second kappa shape index (κ2) is 6.78. The van der Waals surface area contributed by atoms with Gasteiger partial charge in [-0.25, -0.2) is 9.97 Å². The molecule has 3 rings (SSSR count). The summed E-state index contributed by atoms with van der Waals surface area (Å²) in [7, 11) is 0. The molecule has 148 valence electrons. The number of nitrogens with zero attached hydrogens (tertiary/aromatic N) is 4. The predicted molar refractivity (Wildman–Crippen MR) is 110 cm³/mol. The van der Waals surface area contributed by atoms with Crippen LogP contribution in [-0.4, -0.2) is 30.6 Å². The van der Waals surface area contributed by atoms with Crippen molar-refractivity contribution in [3.63, 3.8) is 0 Å². The number of carbonyl (C=O) groups is 1. The van der Waals surface area contributed by atoms with Crippen LogP contribution in [-0.2, 0) is 12.1 Å². The van der Waals surface area contributed by atoms with E-state index >= 15 is 0 Å². The zero-order valence-electron chi connectivity index (χ0n) is 17.7. The number of fused-ring (bicyclic) bond motifs is 1. The van der Waals surface area contributed by atoms with Crippen molar-refractivity contribution in [3.8, 4) is 11.1 Å². The molecule has 2 aromatic heterocycles. The summed E-state index contributed by atoms with van der Waals surface area (Å²) in [5.74, 6) is 0.319. The lowest BCUT2D eigenvalue weighted by molar-refractivity contribution is 0.0687. The molecule has 0 bridgehead atoms. The Morgan fingerprint density at radius 1 is 1.07 bits per heavy atom. The minimum absolute atomic E-state index is 0.0406. The van der Waals surface area contributed by atoms with Crippen molar-refractivity contribution in [2.45, 2.75) is 60.6 Å². The molecule has 1 aromatic carbocycles. The number of aromatic nitrogens is 4. The summed E-state index contributed by atoms with van der Waals surface area (Å²) in [6.45, 7) is 14.1. The van der Waals surface area contributed by atoms with Crippen LogP contribution < -0.4 is 0 Å². The van der Waals surface area contributed by atoms with Crippen LogP contribution in [0.25, 0.3) is 22.0 Å².